The minimum atomic E-state index is -2.42. The number of hydrogen-bond donors (Lipinski definition) is 2. The highest BCUT2D eigenvalue weighted by atomic mass is 19.1. The molecule has 0 aromatic rings. The van der Waals surface area contributed by atoms with Crippen LogP contribution in [-0.4, -0.2) is 51.6 Å². The van der Waals surface area contributed by atoms with Crippen LogP contribution >= 0.6 is 0 Å². The first-order chi connectivity index (χ1) is 13.0. The quantitative estimate of drug-likeness (QED) is 0.745. The number of allylic oxidation sites excluding steroid dienone is 4. The van der Waals surface area contributed by atoms with Crippen LogP contribution in [0.2, 0.25) is 0 Å². The first-order valence-electron chi connectivity index (χ1n) is 9.64. The van der Waals surface area contributed by atoms with E-state index in [2.05, 4.69) is 0 Å². The van der Waals surface area contributed by atoms with E-state index in [0.29, 0.717) is 0 Å². The number of hydrogen-bond acceptors (Lipinski definition) is 5. The average Bonchev–Trinajstić information content (AvgIpc) is 2.91. The van der Waals surface area contributed by atoms with E-state index in [4.69, 9.17) is 0 Å². The number of fused-ring (bicyclic) bond motifs is 5. The minimum Gasteiger partial charge on any atom is -0.388 e. The first-order valence-corrected chi connectivity index (χ1v) is 9.64. The van der Waals surface area contributed by atoms with Crippen LogP contribution in [0.15, 0.2) is 23.8 Å². The van der Waals surface area contributed by atoms with Crippen molar-refractivity contribution in [3.63, 3.8) is 0 Å². The van der Waals surface area contributed by atoms with Crippen molar-refractivity contribution < 1.29 is 33.4 Å². The van der Waals surface area contributed by atoms with Crippen LogP contribution in [0, 0.1) is 22.7 Å². The Morgan fingerprint density at radius 2 is 1.96 bits per heavy atom. The first kappa shape index (κ1) is 19.6. The number of carbonyl (C=O) groups excluding carboxylic acids is 3. The normalized spacial score (nSPS) is 49.9. The predicted octanol–water partition coefficient (Wildman–Crippen LogP) is 1.81. The second kappa shape index (κ2) is 5.66. The van der Waals surface area contributed by atoms with Crippen LogP contribution in [0.3, 0.4) is 0 Å². The topological polar surface area (TPSA) is 91.7 Å². The fraction of sp³-hybridized carbons (Fsp3) is 0.667. The molecule has 152 valence electrons. The SMILES string of the molecule is C[C@]12C=CC(=O)C=C1C(F)C[C@H]1[C@@H]3CC[C@](O)(C(=O)CO)[C@@]3(C)CC(=O)[C@@]12F. The van der Waals surface area contributed by atoms with Gasteiger partial charge < -0.3 is 10.2 Å². The molecule has 4 rings (SSSR count). The number of rotatable bonds is 2. The van der Waals surface area contributed by atoms with Crippen LogP contribution < -0.4 is 0 Å². The Labute approximate surface area is 161 Å². The summed E-state index contributed by atoms with van der Waals surface area (Å²) in [7, 11) is 0. The molecule has 0 radical (unpaired) electrons. The lowest BCUT2D eigenvalue weighted by Gasteiger charge is -2.60. The van der Waals surface area contributed by atoms with Gasteiger partial charge in [0, 0.05) is 17.8 Å². The predicted molar refractivity (Wildman–Crippen MR) is 94.7 cm³/mol. The van der Waals surface area contributed by atoms with Gasteiger partial charge in [0.25, 0.3) is 0 Å². The van der Waals surface area contributed by atoms with Gasteiger partial charge in [0.2, 0.25) is 0 Å². The molecule has 3 saturated carbocycles. The Morgan fingerprint density at radius 3 is 2.61 bits per heavy atom. The van der Waals surface area contributed by atoms with Gasteiger partial charge in [-0.05, 0) is 49.8 Å². The van der Waals surface area contributed by atoms with Gasteiger partial charge in [0.15, 0.2) is 23.0 Å². The van der Waals surface area contributed by atoms with Crippen molar-refractivity contribution >= 4 is 17.3 Å². The summed E-state index contributed by atoms with van der Waals surface area (Å²) in [4.78, 5) is 37.3. The summed E-state index contributed by atoms with van der Waals surface area (Å²) < 4.78 is 31.7. The number of carbonyl (C=O) groups is 3. The van der Waals surface area contributed by atoms with Crippen LogP contribution in [0.4, 0.5) is 8.78 Å². The molecule has 0 aromatic heterocycles. The van der Waals surface area contributed by atoms with Crippen molar-refractivity contribution in [3.05, 3.63) is 23.8 Å². The highest BCUT2D eigenvalue weighted by molar-refractivity contribution is 6.03. The molecule has 2 N–H and O–H groups in total. The number of Topliss-reactive ketones (excluding diaryl/α,β-unsaturated/α-hetero) is 2. The van der Waals surface area contributed by atoms with E-state index in [1.807, 2.05) is 0 Å². The Kier molecular flexibility index (Phi) is 3.96. The van der Waals surface area contributed by atoms with Gasteiger partial charge in [-0.1, -0.05) is 13.0 Å². The van der Waals surface area contributed by atoms with E-state index in [0.717, 1.165) is 6.08 Å². The summed E-state index contributed by atoms with van der Waals surface area (Å²) in [6.07, 6.45) is 1.55. The molecule has 0 heterocycles. The molecule has 0 aromatic carbocycles. The van der Waals surface area contributed by atoms with Crippen LogP contribution in [-0.2, 0) is 14.4 Å². The lowest BCUT2D eigenvalue weighted by Crippen LogP contribution is -2.69. The molecule has 0 spiro atoms. The van der Waals surface area contributed by atoms with Crippen molar-refractivity contribution in [3.8, 4) is 0 Å². The Balaban J connectivity index is 1.86. The summed E-state index contributed by atoms with van der Waals surface area (Å²) in [5.41, 5.74) is -7.23. The van der Waals surface area contributed by atoms with E-state index in [1.54, 1.807) is 6.92 Å². The maximum atomic E-state index is 16.6. The van der Waals surface area contributed by atoms with Crippen LogP contribution in [0.1, 0.15) is 39.5 Å². The molecule has 28 heavy (non-hydrogen) atoms. The Hall–Kier alpha value is -1.73. The third-order valence-corrected chi connectivity index (χ3v) is 8.15. The summed E-state index contributed by atoms with van der Waals surface area (Å²) >= 11 is 0. The fourth-order valence-corrected chi connectivity index (χ4v) is 6.53. The fourth-order valence-electron chi connectivity index (χ4n) is 6.53. The zero-order valence-electron chi connectivity index (χ0n) is 15.9. The highest BCUT2D eigenvalue weighted by Gasteiger charge is 2.75. The zero-order valence-corrected chi connectivity index (χ0v) is 15.9. The number of ketones is 3. The van der Waals surface area contributed by atoms with Gasteiger partial charge in [-0.2, -0.15) is 0 Å². The molecule has 4 aliphatic carbocycles. The molecule has 7 heteroatoms. The minimum absolute atomic E-state index is 0.00188. The third-order valence-electron chi connectivity index (χ3n) is 8.15. The van der Waals surface area contributed by atoms with Crippen molar-refractivity contribution in [2.45, 2.75) is 57.0 Å². The smallest absolute Gasteiger partial charge is 0.190 e. The maximum absolute atomic E-state index is 16.6. The molecule has 0 amide bonds. The standard InChI is InChI=1S/C21H24F2O5/c1-18-5-3-11(25)7-14(18)15(22)8-13-12-4-6-20(28,17(27)10-24)19(12,2)9-16(26)21(13,18)23/h3,5,7,12-13,15,24,28H,4,6,8-10H2,1-2H3/t12-,13-,15?,18-,19-,20-,21-/m0/s1. The van der Waals surface area contributed by atoms with Gasteiger partial charge in [0.1, 0.15) is 18.4 Å². The molecule has 7 atom stereocenters. The van der Waals surface area contributed by atoms with Crippen molar-refractivity contribution in [1.82, 2.24) is 0 Å². The molecule has 0 bridgehead atoms. The third kappa shape index (κ3) is 1.99. The average molecular weight is 394 g/mol. The Morgan fingerprint density at radius 1 is 1.29 bits per heavy atom. The Bertz CT molecular complexity index is 850. The molecular formula is C21H24F2O5. The number of aliphatic hydroxyl groups is 2. The monoisotopic (exact) mass is 394 g/mol. The van der Waals surface area contributed by atoms with Crippen molar-refractivity contribution in [2.24, 2.45) is 22.7 Å². The van der Waals surface area contributed by atoms with Crippen molar-refractivity contribution in [2.75, 3.05) is 6.61 Å². The van der Waals surface area contributed by atoms with E-state index in [-0.39, 0.29) is 31.3 Å². The zero-order chi connectivity index (χ0) is 20.7. The van der Waals surface area contributed by atoms with Crippen LogP contribution in [0.5, 0.6) is 0 Å². The van der Waals surface area contributed by atoms with Gasteiger partial charge in [0.05, 0.1) is 5.41 Å². The van der Waals surface area contributed by atoms with Gasteiger partial charge in [-0.3, -0.25) is 14.4 Å². The van der Waals surface area contributed by atoms with Gasteiger partial charge in [-0.25, -0.2) is 8.78 Å². The van der Waals surface area contributed by atoms with E-state index in [1.165, 1.54) is 19.1 Å². The largest absolute Gasteiger partial charge is 0.388 e. The summed E-state index contributed by atoms with van der Waals surface area (Å²) in [5, 5.41) is 20.4. The summed E-state index contributed by atoms with van der Waals surface area (Å²) in [5.74, 6) is -3.65. The second-order valence-corrected chi connectivity index (χ2v) is 9.16. The second-order valence-electron chi connectivity index (χ2n) is 9.16. The lowest BCUT2D eigenvalue weighted by atomic mass is 9.45. The highest BCUT2D eigenvalue weighted by Crippen LogP contribution is 2.68. The number of alkyl halides is 2. The molecule has 4 aliphatic rings. The van der Waals surface area contributed by atoms with Gasteiger partial charge in [-0.15, -0.1) is 0 Å². The van der Waals surface area contributed by atoms with E-state index >= 15 is 8.78 Å². The van der Waals surface area contributed by atoms with E-state index < -0.39 is 64.1 Å². The van der Waals surface area contributed by atoms with Crippen LogP contribution in [0.25, 0.3) is 0 Å². The molecule has 3 fully saturated rings. The van der Waals surface area contributed by atoms with E-state index in [9.17, 15) is 24.6 Å². The molecule has 5 nitrogen and oxygen atoms in total. The van der Waals surface area contributed by atoms with Gasteiger partial charge >= 0.3 is 0 Å². The number of aliphatic hydroxyl groups excluding tert-OH is 1. The molecule has 0 saturated heterocycles. The molecule has 1 unspecified atom stereocenters. The molecule has 0 aliphatic heterocycles. The summed E-state index contributed by atoms with van der Waals surface area (Å²) in [6.45, 7) is 2.14. The summed E-state index contributed by atoms with van der Waals surface area (Å²) in [6, 6.07) is 0. The van der Waals surface area contributed by atoms with Crippen molar-refractivity contribution in [1.29, 1.82) is 0 Å². The lowest BCUT2D eigenvalue weighted by molar-refractivity contribution is -0.187. The number of halogens is 2. The molecular weight excluding hydrogens is 370 g/mol. The maximum Gasteiger partial charge on any atom is 0.190 e.